The van der Waals surface area contributed by atoms with Gasteiger partial charge in [-0.05, 0) is 41.7 Å². The monoisotopic (exact) mass is 258 g/mol. The van der Waals surface area contributed by atoms with Crippen LogP contribution < -0.4 is 0 Å². The zero-order valence-electron chi connectivity index (χ0n) is 11.9. The summed E-state index contributed by atoms with van der Waals surface area (Å²) < 4.78 is 0. The first kappa shape index (κ1) is 12.7. The maximum Gasteiger partial charge on any atom is -0.0155 e. The molecule has 0 unspecified atom stereocenters. The highest BCUT2D eigenvalue weighted by Crippen LogP contribution is 2.26. The van der Waals surface area contributed by atoms with Crippen molar-refractivity contribution in [3.8, 4) is 22.3 Å². The van der Waals surface area contributed by atoms with Crippen molar-refractivity contribution >= 4 is 0 Å². The third kappa shape index (κ3) is 2.50. The van der Waals surface area contributed by atoms with Crippen LogP contribution in [0.2, 0.25) is 0 Å². The van der Waals surface area contributed by atoms with E-state index in [2.05, 4.69) is 86.6 Å². The molecule has 0 aliphatic carbocycles. The quantitative estimate of drug-likeness (QED) is 0.558. The van der Waals surface area contributed by atoms with Gasteiger partial charge in [0, 0.05) is 0 Å². The number of hydrogen-bond donors (Lipinski definition) is 0. The Balaban J connectivity index is 1.96. The Labute approximate surface area is 120 Å². The van der Waals surface area contributed by atoms with E-state index in [0.717, 1.165) is 0 Å². The van der Waals surface area contributed by atoms with Crippen LogP contribution in [-0.4, -0.2) is 0 Å². The van der Waals surface area contributed by atoms with Crippen molar-refractivity contribution in [2.75, 3.05) is 0 Å². The lowest BCUT2D eigenvalue weighted by atomic mass is 9.97. The van der Waals surface area contributed by atoms with Crippen molar-refractivity contribution in [1.82, 2.24) is 0 Å². The van der Waals surface area contributed by atoms with Crippen LogP contribution in [0.1, 0.15) is 11.1 Å². The van der Waals surface area contributed by atoms with E-state index in [0.29, 0.717) is 0 Å². The van der Waals surface area contributed by atoms with Crippen LogP contribution in [0.5, 0.6) is 0 Å². The summed E-state index contributed by atoms with van der Waals surface area (Å²) in [6, 6.07) is 26.0. The van der Waals surface area contributed by atoms with Gasteiger partial charge in [0.2, 0.25) is 0 Å². The highest BCUT2D eigenvalue weighted by Gasteiger charge is 2.02. The highest BCUT2D eigenvalue weighted by atomic mass is 14.1. The Bertz CT molecular complexity index is 704. The van der Waals surface area contributed by atoms with E-state index in [4.69, 9.17) is 0 Å². The fourth-order valence-electron chi connectivity index (χ4n) is 2.49. The van der Waals surface area contributed by atoms with Crippen LogP contribution in [0.4, 0.5) is 0 Å². The molecule has 3 aromatic carbocycles. The van der Waals surface area contributed by atoms with Gasteiger partial charge in [0.05, 0.1) is 0 Å². The molecular formula is C20H18. The van der Waals surface area contributed by atoms with Crippen LogP contribution in [0.15, 0.2) is 72.8 Å². The van der Waals surface area contributed by atoms with Gasteiger partial charge >= 0.3 is 0 Å². The highest BCUT2D eigenvalue weighted by molar-refractivity contribution is 5.72. The van der Waals surface area contributed by atoms with Gasteiger partial charge < -0.3 is 0 Å². The van der Waals surface area contributed by atoms with Crippen LogP contribution in [-0.2, 0) is 0 Å². The Kier molecular flexibility index (Phi) is 3.39. The molecule has 0 heterocycles. The van der Waals surface area contributed by atoms with E-state index in [9.17, 15) is 0 Å². The van der Waals surface area contributed by atoms with Crippen molar-refractivity contribution in [3.05, 3.63) is 83.9 Å². The molecule has 0 aliphatic heterocycles. The molecule has 0 amide bonds. The van der Waals surface area contributed by atoms with Crippen molar-refractivity contribution in [2.45, 2.75) is 13.8 Å². The van der Waals surface area contributed by atoms with Gasteiger partial charge in [0.1, 0.15) is 0 Å². The second kappa shape index (κ2) is 5.34. The largest absolute Gasteiger partial charge is 0.0620 e. The van der Waals surface area contributed by atoms with Gasteiger partial charge in [-0.15, -0.1) is 0 Å². The molecule has 0 heteroatoms. The van der Waals surface area contributed by atoms with Crippen molar-refractivity contribution in [2.24, 2.45) is 0 Å². The van der Waals surface area contributed by atoms with Crippen LogP contribution in [0, 0.1) is 13.8 Å². The average molecular weight is 258 g/mol. The second-order valence-electron chi connectivity index (χ2n) is 5.26. The van der Waals surface area contributed by atoms with E-state index >= 15 is 0 Å². The summed E-state index contributed by atoms with van der Waals surface area (Å²) in [6.45, 7) is 4.27. The summed E-state index contributed by atoms with van der Waals surface area (Å²) in [4.78, 5) is 0. The summed E-state index contributed by atoms with van der Waals surface area (Å²) in [7, 11) is 0. The van der Waals surface area contributed by atoms with Gasteiger partial charge in [0.15, 0.2) is 0 Å². The molecule has 0 atom stereocenters. The second-order valence-corrected chi connectivity index (χ2v) is 5.26. The Morgan fingerprint density at radius 2 is 1.00 bits per heavy atom. The molecule has 98 valence electrons. The van der Waals surface area contributed by atoms with E-state index in [-0.39, 0.29) is 0 Å². The Hall–Kier alpha value is -2.34. The molecule has 3 aromatic rings. The first-order valence-corrected chi connectivity index (χ1v) is 6.97. The summed E-state index contributed by atoms with van der Waals surface area (Å²) in [5.41, 5.74) is 7.73. The fraction of sp³-hybridized carbons (Fsp3) is 0.100. The maximum absolute atomic E-state index is 2.21. The third-order valence-corrected chi connectivity index (χ3v) is 3.73. The zero-order chi connectivity index (χ0) is 13.9. The lowest BCUT2D eigenvalue weighted by Gasteiger charge is -2.07. The van der Waals surface area contributed by atoms with Crippen molar-refractivity contribution in [1.29, 1.82) is 0 Å². The molecule has 0 N–H and O–H groups in total. The Morgan fingerprint density at radius 3 is 1.60 bits per heavy atom. The van der Waals surface area contributed by atoms with E-state index in [1.54, 1.807) is 0 Å². The molecule has 0 saturated carbocycles. The average Bonchev–Trinajstić information content (AvgIpc) is 2.49. The van der Waals surface area contributed by atoms with E-state index < -0.39 is 0 Å². The summed E-state index contributed by atoms with van der Waals surface area (Å²) in [5.74, 6) is 0. The lowest BCUT2D eigenvalue weighted by Crippen LogP contribution is -1.83. The van der Waals surface area contributed by atoms with Crippen LogP contribution in [0.25, 0.3) is 22.3 Å². The molecule has 0 spiro atoms. The molecule has 0 fully saturated rings. The van der Waals surface area contributed by atoms with Gasteiger partial charge in [0.25, 0.3) is 0 Å². The van der Waals surface area contributed by atoms with E-state index in [1.807, 2.05) is 0 Å². The topological polar surface area (TPSA) is 0 Å². The minimum absolute atomic E-state index is 1.27. The SMILES string of the molecule is Cc1ccc(-c2ccc(-c3ccccc3C)cc2)cc1. The maximum atomic E-state index is 2.21. The first-order chi connectivity index (χ1) is 9.74. The predicted molar refractivity (Wildman–Crippen MR) is 86.8 cm³/mol. The first-order valence-electron chi connectivity index (χ1n) is 6.97. The molecule has 0 nitrogen and oxygen atoms in total. The molecule has 3 rings (SSSR count). The Morgan fingerprint density at radius 1 is 0.500 bits per heavy atom. The molecule has 0 bridgehead atoms. The molecule has 0 saturated heterocycles. The third-order valence-electron chi connectivity index (χ3n) is 3.73. The number of rotatable bonds is 2. The minimum Gasteiger partial charge on any atom is -0.0620 e. The summed E-state index contributed by atoms with van der Waals surface area (Å²) >= 11 is 0. The number of aryl methyl sites for hydroxylation is 2. The number of benzene rings is 3. The van der Waals surface area contributed by atoms with Crippen LogP contribution in [0.3, 0.4) is 0 Å². The predicted octanol–water partition coefficient (Wildman–Crippen LogP) is 5.64. The molecule has 0 aliphatic rings. The summed E-state index contributed by atoms with van der Waals surface area (Å²) in [6.07, 6.45) is 0. The van der Waals surface area contributed by atoms with Gasteiger partial charge in [-0.3, -0.25) is 0 Å². The van der Waals surface area contributed by atoms with Gasteiger partial charge in [-0.1, -0.05) is 78.4 Å². The zero-order valence-corrected chi connectivity index (χ0v) is 11.9. The van der Waals surface area contributed by atoms with Crippen LogP contribution >= 0.6 is 0 Å². The molecule has 20 heavy (non-hydrogen) atoms. The lowest BCUT2D eigenvalue weighted by molar-refractivity contribution is 1.45. The van der Waals surface area contributed by atoms with Gasteiger partial charge in [-0.2, -0.15) is 0 Å². The molecular weight excluding hydrogens is 240 g/mol. The van der Waals surface area contributed by atoms with Crippen molar-refractivity contribution < 1.29 is 0 Å². The summed E-state index contributed by atoms with van der Waals surface area (Å²) in [5, 5.41) is 0. The minimum atomic E-state index is 1.27. The van der Waals surface area contributed by atoms with E-state index in [1.165, 1.54) is 33.4 Å². The number of hydrogen-bond acceptors (Lipinski definition) is 0. The normalized spacial score (nSPS) is 10.5. The van der Waals surface area contributed by atoms with Gasteiger partial charge in [-0.25, -0.2) is 0 Å². The smallest absolute Gasteiger partial charge is 0.0155 e. The molecule has 0 radical (unpaired) electrons. The standard InChI is InChI=1S/C20H18/c1-15-7-9-17(10-8-15)18-11-13-19(14-12-18)20-6-4-3-5-16(20)2/h3-14H,1-2H3. The van der Waals surface area contributed by atoms with Crippen molar-refractivity contribution in [3.63, 3.8) is 0 Å². The molecule has 0 aromatic heterocycles. The fourth-order valence-corrected chi connectivity index (χ4v) is 2.49.